The highest BCUT2D eigenvalue weighted by Crippen LogP contribution is 2.26. The van der Waals surface area contributed by atoms with Gasteiger partial charge in [-0.2, -0.15) is 0 Å². The zero-order chi connectivity index (χ0) is 14.6. The molecular weight excluding hydrogens is 246 g/mol. The summed E-state index contributed by atoms with van der Waals surface area (Å²) in [7, 11) is 0. The first kappa shape index (κ1) is 15.5. The lowest BCUT2D eigenvalue weighted by molar-refractivity contribution is 0.150. The van der Waals surface area contributed by atoms with Crippen molar-refractivity contribution in [2.24, 2.45) is 0 Å². The highest BCUT2D eigenvalue weighted by atomic mass is 16.3. The molecule has 1 aromatic carbocycles. The van der Waals surface area contributed by atoms with Crippen LogP contribution < -0.4 is 5.32 Å². The van der Waals surface area contributed by atoms with Crippen LogP contribution in [0.2, 0.25) is 0 Å². The van der Waals surface area contributed by atoms with Crippen molar-refractivity contribution in [3.05, 3.63) is 35.4 Å². The van der Waals surface area contributed by atoms with Crippen LogP contribution in [0.5, 0.6) is 0 Å². The number of rotatable bonds is 3. The van der Waals surface area contributed by atoms with Crippen LogP contribution in [0.4, 0.5) is 0 Å². The number of aliphatic hydroxyl groups excluding tert-OH is 1. The summed E-state index contributed by atoms with van der Waals surface area (Å²) in [6, 6.07) is 8.94. The molecule has 0 spiro atoms. The van der Waals surface area contributed by atoms with E-state index >= 15 is 0 Å². The van der Waals surface area contributed by atoms with E-state index in [2.05, 4.69) is 50.4 Å². The van der Waals surface area contributed by atoms with Gasteiger partial charge < -0.3 is 10.4 Å². The van der Waals surface area contributed by atoms with Crippen LogP contribution in [0.3, 0.4) is 0 Å². The minimum absolute atomic E-state index is 0.173. The zero-order valence-corrected chi connectivity index (χ0v) is 13.2. The van der Waals surface area contributed by atoms with Crippen molar-refractivity contribution in [1.82, 2.24) is 5.32 Å². The Morgan fingerprint density at radius 1 is 1.15 bits per heavy atom. The molecular formula is C18H29NO. The number of hydrogen-bond donors (Lipinski definition) is 2. The fourth-order valence-corrected chi connectivity index (χ4v) is 2.91. The summed E-state index contributed by atoms with van der Waals surface area (Å²) in [4.78, 5) is 0. The summed E-state index contributed by atoms with van der Waals surface area (Å²) in [6.07, 6.45) is 5.55. The molecule has 2 atom stereocenters. The molecule has 1 saturated heterocycles. The molecule has 2 rings (SSSR count). The Morgan fingerprint density at radius 3 is 2.50 bits per heavy atom. The fraction of sp³-hybridized carbons (Fsp3) is 0.667. The molecule has 0 amide bonds. The molecule has 1 fully saturated rings. The fourth-order valence-electron chi connectivity index (χ4n) is 2.91. The molecule has 2 heteroatoms. The largest absolute Gasteiger partial charge is 0.388 e. The van der Waals surface area contributed by atoms with E-state index in [-0.39, 0.29) is 11.5 Å². The summed E-state index contributed by atoms with van der Waals surface area (Å²) in [5, 5.41) is 14.0. The van der Waals surface area contributed by atoms with Crippen LogP contribution in [0.1, 0.15) is 70.1 Å². The molecule has 0 saturated carbocycles. The van der Waals surface area contributed by atoms with Gasteiger partial charge in [0.2, 0.25) is 0 Å². The lowest BCUT2D eigenvalue weighted by Gasteiger charge is -2.22. The average Bonchev–Trinajstić information content (AvgIpc) is 2.66. The molecule has 2 unspecified atom stereocenters. The van der Waals surface area contributed by atoms with Crippen LogP contribution >= 0.6 is 0 Å². The van der Waals surface area contributed by atoms with Gasteiger partial charge >= 0.3 is 0 Å². The van der Waals surface area contributed by atoms with E-state index in [9.17, 15) is 5.11 Å². The van der Waals surface area contributed by atoms with Crippen molar-refractivity contribution >= 4 is 0 Å². The molecule has 0 aromatic heterocycles. The van der Waals surface area contributed by atoms with Crippen molar-refractivity contribution in [3.8, 4) is 0 Å². The summed E-state index contributed by atoms with van der Waals surface area (Å²) < 4.78 is 0. The van der Waals surface area contributed by atoms with Crippen molar-refractivity contribution < 1.29 is 5.11 Å². The zero-order valence-electron chi connectivity index (χ0n) is 13.2. The second-order valence-corrected chi connectivity index (χ2v) is 7.12. The lowest BCUT2D eigenvalue weighted by Crippen LogP contribution is -2.29. The van der Waals surface area contributed by atoms with Gasteiger partial charge in [0.1, 0.15) is 0 Å². The molecule has 1 aliphatic rings. The maximum Gasteiger partial charge on any atom is 0.0804 e. The van der Waals surface area contributed by atoms with Crippen LogP contribution in [0.25, 0.3) is 0 Å². The molecule has 1 aromatic rings. The van der Waals surface area contributed by atoms with Gasteiger partial charge in [0.15, 0.2) is 0 Å². The molecule has 20 heavy (non-hydrogen) atoms. The van der Waals surface area contributed by atoms with Crippen LogP contribution in [-0.4, -0.2) is 17.7 Å². The predicted octanol–water partition coefficient (Wildman–Crippen LogP) is 3.94. The third kappa shape index (κ3) is 4.32. The Morgan fingerprint density at radius 2 is 1.85 bits per heavy atom. The first-order valence-electron chi connectivity index (χ1n) is 7.99. The van der Waals surface area contributed by atoms with Gasteiger partial charge in [-0.25, -0.2) is 0 Å². The topological polar surface area (TPSA) is 32.3 Å². The van der Waals surface area contributed by atoms with Crippen molar-refractivity contribution in [2.45, 2.75) is 70.4 Å². The van der Waals surface area contributed by atoms with Crippen LogP contribution in [-0.2, 0) is 5.41 Å². The van der Waals surface area contributed by atoms with Gasteiger partial charge in [0, 0.05) is 6.04 Å². The van der Waals surface area contributed by atoms with E-state index in [0.717, 1.165) is 18.5 Å². The monoisotopic (exact) mass is 275 g/mol. The van der Waals surface area contributed by atoms with Gasteiger partial charge in [-0.15, -0.1) is 0 Å². The highest BCUT2D eigenvalue weighted by molar-refractivity contribution is 5.28. The standard InChI is InChI=1S/C18H29NO/c1-18(2,3)15-10-8-14(9-11-15)17(20)13-16-7-5-4-6-12-19-16/h8-11,16-17,19-20H,4-7,12-13H2,1-3H3. The Balaban J connectivity index is 1.96. The van der Waals surface area contributed by atoms with Crippen molar-refractivity contribution in [1.29, 1.82) is 0 Å². The van der Waals surface area contributed by atoms with E-state index in [1.807, 2.05) is 0 Å². The third-order valence-corrected chi connectivity index (χ3v) is 4.33. The van der Waals surface area contributed by atoms with Gasteiger partial charge in [0.05, 0.1) is 6.10 Å². The number of benzene rings is 1. The minimum atomic E-state index is -0.348. The Bertz CT molecular complexity index is 396. The van der Waals surface area contributed by atoms with E-state index in [1.54, 1.807) is 0 Å². The van der Waals surface area contributed by atoms with Crippen molar-refractivity contribution in [2.75, 3.05) is 6.54 Å². The third-order valence-electron chi connectivity index (χ3n) is 4.33. The minimum Gasteiger partial charge on any atom is -0.388 e. The maximum atomic E-state index is 10.4. The molecule has 2 N–H and O–H groups in total. The Hall–Kier alpha value is -0.860. The average molecular weight is 275 g/mol. The molecule has 1 aliphatic heterocycles. The second kappa shape index (κ2) is 6.73. The Kier molecular flexibility index (Phi) is 5.22. The number of aliphatic hydroxyl groups is 1. The molecule has 1 heterocycles. The molecule has 0 radical (unpaired) electrons. The van der Waals surface area contributed by atoms with E-state index in [0.29, 0.717) is 6.04 Å². The number of hydrogen-bond acceptors (Lipinski definition) is 2. The first-order chi connectivity index (χ1) is 9.47. The normalized spacial score (nSPS) is 22.3. The quantitative estimate of drug-likeness (QED) is 0.875. The molecule has 0 bridgehead atoms. The molecule has 2 nitrogen and oxygen atoms in total. The Labute approximate surface area is 123 Å². The van der Waals surface area contributed by atoms with Crippen molar-refractivity contribution in [3.63, 3.8) is 0 Å². The van der Waals surface area contributed by atoms with Gasteiger partial charge in [-0.05, 0) is 42.3 Å². The second-order valence-electron chi connectivity index (χ2n) is 7.12. The van der Waals surface area contributed by atoms with Gasteiger partial charge in [0.25, 0.3) is 0 Å². The van der Waals surface area contributed by atoms with Gasteiger partial charge in [-0.1, -0.05) is 57.9 Å². The summed E-state index contributed by atoms with van der Waals surface area (Å²) >= 11 is 0. The van der Waals surface area contributed by atoms with E-state index in [1.165, 1.54) is 31.2 Å². The molecule has 0 aliphatic carbocycles. The van der Waals surface area contributed by atoms with E-state index < -0.39 is 0 Å². The van der Waals surface area contributed by atoms with E-state index in [4.69, 9.17) is 0 Å². The van der Waals surface area contributed by atoms with Crippen LogP contribution in [0.15, 0.2) is 24.3 Å². The predicted molar refractivity (Wildman–Crippen MR) is 85.0 cm³/mol. The van der Waals surface area contributed by atoms with Crippen LogP contribution in [0, 0.1) is 0 Å². The van der Waals surface area contributed by atoms with Gasteiger partial charge in [-0.3, -0.25) is 0 Å². The highest BCUT2D eigenvalue weighted by Gasteiger charge is 2.18. The number of nitrogens with one attached hydrogen (secondary N) is 1. The summed E-state index contributed by atoms with van der Waals surface area (Å²) in [5.41, 5.74) is 2.54. The lowest BCUT2D eigenvalue weighted by atomic mass is 9.86. The smallest absolute Gasteiger partial charge is 0.0804 e. The maximum absolute atomic E-state index is 10.4. The summed E-state index contributed by atoms with van der Waals surface area (Å²) in [5.74, 6) is 0. The SMILES string of the molecule is CC(C)(C)c1ccc(C(O)CC2CCCCCN2)cc1. The molecule has 112 valence electrons. The first-order valence-corrected chi connectivity index (χ1v) is 7.99. The summed E-state index contributed by atoms with van der Waals surface area (Å²) in [6.45, 7) is 7.75.